The number of aromatic carboxylic acids is 2. The minimum absolute atomic E-state index is 0.174. The molecule has 4 aromatic rings. The molecule has 0 saturated heterocycles. The van der Waals surface area contributed by atoms with E-state index < -0.39 is 28.7 Å². The Kier molecular flexibility index (Phi) is 8.19. The molecule has 9 nitrogen and oxygen atoms in total. The molecule has 4 rings (SSSR count). The minimum atomic E-state index is -1.42. The monoisotopic (exact) mass is 547 g/mol. The van der Waals surface area contributed by atoms with Crippen molar-refractivity contribution in [1.82, 2.24) is 4.98 Å². The van der Waals surface area contributed by atoms with Gasteiger partial charge < -0.3 is 20.8 Å². The number of amides is 2. The van der Waals surface area contributed by atoms with Crippen LogP contribution in [0.2, 0.25) is 0 Å². The van der Waals surface area contributed by atoms with Gasteiger partial charge in [0.25, 0.3) is 5.91 Å². The fraction of sp³-hybridized carbons (Fsp3) is 0.0741. The lowest BCUT2D eigenvalue weighted by molar-refractivity contribution is -0.115. The van der Waals surface area contributed by atoms with E-state index in [0.29, 0.717) is 15.7 Å². The number of carboxylic acids is 2. The number of carbonyl (C=O) groups is 4. The van der Waals surface area contributed by atoms with Crippen molar-refractivity contribution in [1.29, 1.82) is 0 Å². The summed E-state index contributed by atoms with van der Waals surface area (Å²) in [6, 6.07) is 19.7. The Morgan fingerprint density at radius 2 is 1.63 bits per heavy atom. The Morgan fingerprint density at radius 1 is 0.868 bits per heavy atom. The molecule has 38 heavy (non-hydrogen) atoms. The van der Waals surface area contributed by atoms with E-state index in [1.54, 1.807) is 31.2 Å². The van der Waals surface area contributed by atoms with Gasteiger partial charge in [-0.1, -0.05) is 36.4 Å². The Bertz CT molecular complexity index is 1520. The number of nitrogens with one attached hydrogen (secondary N) is 2. The van der Waals surface area contributed by atoms with Crippen molar-refractivity contribution < 1.29 is 29.4 Å². The summed E-state index contributed by atoms with van der Waals surface area (Å²) < 4.78 is 0. The van der Waals surface area contributed by atoms with Gasteiger partial charge in [0, 0.05) is 21.5 Å². The molecule has 1 unspecified atom stereocenters. The lowest BCUT2D eigenvalue weighted by Crippen LogP contribution is -2.22. The summed E-state index contributed by atoms with van der Waals surface area (Å²) >= 11 is 2.61. The second kappa shape index (κ2) is 11.7. The smallest absolute Gasteiger partial charge is 0.336 e. The third-order valence-electron chi connectivity index (χ3n) is 5.32. The number of thioether (sulfide) groups is 1. The van der Waals surface area contributed by atoms with Crippen LogP contribution in [0.25, 0.3) is 11.3 Å². The number of hydrogen-bond acceptors (Lipinski definition) is 7. The summed E-state index contributed by atoms with van der Waals surface area (Å²) in [6.45, 7) is 1.75. The van der Waals surface area contributed by atoms with Gasteiger partial charge in [0.05, 0.1) is 27.6 Å². The highest BCUT2D eigenvalue weighted by atomic mass is 32.2. The van der Waals surface area contributed by atoms with Crippen molar-refractivity contribution in [2.75, 3.05) is 10.6 Å². The minimum Gasteiger partial charge on any atom is -0.478 e. The number of carbonyl (C=O) groups excluding carboxylic acids is 2. The molecule has 1 aromatic heterocycles. The number of hydrogen-bond donors (Lipinski definition) is 4. The summed E-state index contributed by atoms with van der Waals surface area (Å²) in [5.41, 5.74) is 1.29. The van der Waals surface area contributed by atoms with E-state index in [4.69, 9.17) is 5.11 Å². The van der Waals surface area contributed by atoms with E-state index in [1.165, 1.54) is 29.2 Å². The number of carboxylic acid groups (broad SMARTS) is 2. The molecule has 1 heterocycles. The van der Waals surface area contributed by atoms with Crippen LogP contribution in [0.15, 0.2) is 83.1 Å². The maximum Gasteiger partial charge on any atom is 0.336 e. The van der Waals surface area contributed by atoms with E-state index in [-0.39, 0.29) is 17.0 Å². The molecule has 0 radical (unpaired) electrons. The highest BCUT2D eigenvalue weighted by Gasteiger charge is 2.20. The van der Waals surface area contributed by atoms with Gasteiger partial charge in [-0.2, -0.15) is 0 Å². The van der Waals surface area contributed by atoms with Gasteiger partial charge >= 0.3 is 11.9 Å². The van der Waals surface area contributed by atoms with Gasteiger partial charge in [-0.3, -0.25) is 9.59 Å². The number of nitrogens with zero attached hydrogens (tertiary/aromatic N) is 1. The van der Waals surface area contributed by atoms with Crippen molar-refractivity contribution in [2.45, 2.75) is 17.1 Å². The van der Waals surface area contributed by atoms with Crippen LogP contribution < -0.4 is 10.6 Å². The van der Waals surface area contributed by atoms with Crippen LogP contribution in [0.5, 0.6) is 0 Å². The predicted octanol–water partition coefficient (Wildman–Crippen LogP) is 5.58. The second-order valence-electron chi connectivity index (χ2n) is 8.01. The van der Waals surface area contributed by atoms with Gasteiger partial charge in [0.1, 0.15) is 0 Å². The first kappa shape index (κ1) is 26.6. The third kappa shape index (κ3) is 6.44. The van der Waals surface area contributed by atoms with Crippen molar-refractivity contribution in [2.24, 2.45) is 0 Å². The molecule has 0 aliphatic rings. The van der Waals surface area contributed by atoms with Gasteiger partial charge in [-0.15, -0.1) is 23.1 Å². The molecule has 0 aliphatic heterocycles. The average molecular weight is 548 g/mol. The SMILES string of the molecule is CC(Sc1cccc(NC(=O)c2ccc(C(=O)O)cc2C(=O)O)c1)C(=O)Nc1nc(-c2ccccc2)cs1. The normalized spacial score (nSPS) is 11.4. The molecule has 1 atom stereocenters. The fourth-order valence-corrected chi connectivity index (χ4v) is 5.08. The van der Waals surface area contributed by atoms with E-state index in [0.717, 1.165) is 23.4 Å². The van der Waals surface area contributed by atoms with Crippen LogP contribution in [-0.4, -0.2) is 44.2 Å². The van der Waals surface area contributed by atoms with Crippen molar-refractivity contribution in [3.8, 4) is 11.3 Å². The number of aromatic nitrogens is 1. The maximum atomic E-state index is 12.8. The van der Waals surface area contributed by atoms with E-state index in [1.807, 2.05) is 35.7 Å². The van der Waals surface area contributed by atoms with Crippen LogP contribution in [0.1, 0.15) is 38.0 Å². The number of thiazole rings is 1. The first-order valence-corrected chi connectivity index (χ1v) is 13.0. The van der Waals surface area contributed by atoms with Gasteiger partial charge in [-0.05, 0) is 43.3 Å². The second-order valence-corrected chi connectivity index (χ2v) is 10.3. The molecule has 3 aromatic carbocycles. The molecule has 0 spiro atoms. The number of rotatable bonds is 9. The first-order chi connectivity index (χ1) is 18.2. The van der Waals surface area contributed by atoms with Crippen LogP contribution in [0.4, 0.5) is 10.8 Å². The van der Waals surface area contributed by atoms with Crippen molar-refractivity contribution in [3.63, 3.8) is 0 Å². The van der Waals surface area contributed by atoms with Gasteiger partial charge in [-0.25, -0.2) is 14.6 Å². The lowest BCUT2D eigenvalue weighted by Gasteiger charge is -2.12. The third-order valence-corrected chi connectivity index (χ3v) is 7.17. The summed E-state index contributed by atoms with van der Waals surface area (Å²) in [4.78, 5) is 53.4. The van der Waals surface area contributed by atoms with Gasteiger partial charge in [0.15, 0.2) is 5.13 Å². The zero-order valence-corrected chi connectivity index (χ0v) is 21.5. The van der Waals surface area contributed by atoms with Crippen molar-refractivity contribution in [3.05, 3.63) is 94.9 Å². The number of anilines is 2. The van der Waals surface area contributed by atoms with Crippen molar-refractivity contribution >= 4 is 57.7 Å². The maximum absolute atomic E-state index is 12.8. The molecule has 0 aliphatic carbocycles. The molecular formula is C27H21N3O6S2. The summed E-state index contributed by atoms with van der Waals surface area (Å²) in [7, 11) is 0. The Balaban J connectivity index is 1.41. The Morgan fingerprint density at radius 3 is 2.34 bits per heavy atom. The Labute approximate surface area is 225 Å². The Hall–Kier alpha value is -4.48. The lowest BCUT2D eigenvalue weighted by atomic mass is 10.0. The molecule has 4 N–H and O–H groups in total. The molecular weight excluding hydrogens is 526 g/mol. The van der Waals surface area contributed by atoms with Crippen LogP contribution in [0, 0.1) is 0 Å². The molecule has 0 saturated carbocycles. The summed E-state index contributed by atoms with van der Waals surface area (Å²) in [6.07, 6.45) is 0. The average Bonchev–Trinajstić information content (AvgIpc) is 3.37. The van der Waals surface area contributed by atoms with Gasteiger partial charge in [0.2, 0.25) is 5.91 Å². The standard InChI is InChI=1S/C27H21N3O6S2/c1-15(23(31)30-27-29-22(14-37-27)16-6-3-2-4-7-16)38-19-9-5-8-18(13-19)28-24(32)20-11-10-17(25(33)34)12-21(20)26(35)36/h2-15H,1H3,(H,28,32)(H,33,34)(H,35,36)(H,29,30,31). The number of benzene rings is 3. The highest BCUT2D eigenvalue weighted by molar-refractivity contribution is 8.00. The molecule has 192 valence electrons. The first-order valence-electron chi connectivity index (χ1n) is 11.2. The van der Waals surface area contributed by atoms with Crippen LogP contribution in [-0.2, 0) is 4.79 Å². The van der Waals surface area contributed by atoms with E-state index in [2.05, 4.69) is 15.6 Å². The topological polar surface area (TPSA) is 146 Å². The van der Waals surface area contributed by atoms with Crippen LogP contribution in [0.3, 0.4) is 0 Å². The fourth-order valence-electron chi connectivity index (χ4n) is 3.44. The zero-order chi connectivity index (χ0) is 27.2. The summed E-state index contributed by atoms with van der Waals surface area (Å²) in [5, 5.41) is 25.9. The molecule has 11 heteroatoms. The summed E-state index contributed by atoms with van der Waals surface area (Å²) in [5.74, 6) is -3.65. The largest absolute Gasteiger partial charge is 0.478 e. The van der Waals surface area contributed by atoms with E-state index in [9.17, 15) is 24.3 Å². The van der Waals surface area contributed by atoms with Crippen LogP contribution >= 0.6 is 23.1 Å². The predicted molar refractivity (Wildman–Crippen MR) is 146 cm³/mol. The molecule has 0 fully saturated rings. The van der Waals surface area contributed by atoms with E-state index >= 15 is 0 Å². The zero-order valence-electron chi connectivity index (χ0n) is 19.9. The molecule has 2 amide bonds. The highest BCUT2D eigenvalue weighted by Crippen LogP contribution is 2.29. The quantitative estimate of drug-likeness (QED) is 0.199. The molecule has 0 bridgehead atoms.